The zero-order valence-electron chi connectivity index (χ0n) is 16.1. The van der Waals surface area contributed by atoms with Crippen molar-refractivity contribution in [3.8, 4) is 5.75 Å². The van der Waals surface area contributed by atoms with Crippen molar-refractivity contribution in [1.29, 1.82) is 0 Å². The third-order valence-electron chi connectivity index (χ3n) is 6.34. The number of rotatable bonds is 5. The minimum Gasteiger partial charge on any atom is -0.508 e. The number of aromatic nitrogens is 3. The van der Waals surface area contributed by atoms with Crippen LogP contribution in [0.3, 0.4) is 0 Å². The zero-order chi connectivity index (χ0) is 19.5. The second-order valence-corrected chi connectivity index (χ2v) is 8.24. The summed E-state index contributed by atoms with van der Waals surface area (Å²) < 4.78 is 27.5. The Hall–Kier alpha value is -2.02. The molecule has 1 saturated carbocycles. The quantitative estimate of drug-likeness (QED) is 0.824. The molecule has 1 aliphatic carbocycles. The molecule has 4 rings (SSSR count). The highest BCUT2D eigenvalue weighted by Crippen LogP contribution is 2.35. The summed E-state index contributed by atoms with van der Waals surface area (Å²) in [4.78, 5) is 2.39. The molecule has 0 atom stereocenters. The monoisotopic (exact) mass is 390 g/mol. The van der Waals surface area contributed by atoms with Crippen molar-refractivity contribution < 1.29 is 13.9 Å². The highest BCUT2D eigenvalue weighted by Gasteiger charge is 2.29. The summed E-state index contributed by atoms with van der Waals surface area (Å²) in [6, 6.07) is 7.78. The molecule has 0 spiro atoms. The van der Waals surface area contributed by atoms with Crippen molar-refractivity contribution in [2.45, 2.75) is 63.5 Å². The lowest BCUT2D eigenvalue weighted by atomic mass is 9.86. The van der Waals surface area contributed by atoms with Gasteiger partial charge < -0.3 is 5.11 Å². The molecule has 2 aromatic rings. The Morgan fingerprint density at radius 1 is 1.07 bits per heavy atom. The number of alkyl halides is 2. The van der Waals surface area contributed by atoms with Gasteiger partial charge in [-0.3, -0.25) is 4.90 Å². The van der Waals surface area contributed by atoms with Gasteiger partial charge in [-0.15, -0.1) is 5.10 Å². The molecular weight excluding hydrogens is 362 g/mol. The Labute approximate surface area is 164 Å². The number of piperidine rings is 1. The number of likely N-dealkylation sites (tertiary alicyclic amines) is 1. The highest BCUT2D eigenvalue weighted by atomic mass is 19.3. The molecule has 0 unspecified atom stereocenters. The maximum absolute atomic E-state index is 12.8. The molecule has 2 aliphatic rings. The maximum Gasteiger partial charge on any atom is 0.241 e. The first-order valence-corrected chi connectivity index (χ1v) is 10.3. The molecular formula is C21H28F2N4O. The molecule has 2 heterocycles. The summed E-state index contributed by atoms with van der Waals surface area (Å²) in [7, 11) is 0. The number of phenols is 1. The summed E-state index contributed by atoms with van der Waals surface area (Å²) in [6.45, 7) is 2.76. The number of benzene rings is 1. The second kappa shape index (κ2) is 8.55. The van der Waals surface area contributed by atoms with E-state index in [1.165, 1.54) is 5.56 Å². The molecule has 2 fully saturated rings. The lowest BCUT2D eigenvalue weighted by molar-refractivity contribution is 0.0465. The van der Waals surface area contributed by atoms with E-state index in [1.54, 1.807) is 6.07 Å². The number of hydrogen-bond donors (Lipinski definition) is 1. The van der Waals surface area contributed by atoms with E-state index in [4.69, 9.17) is 0 Å². The van der Waals surface area contributed by atoms with Crippen LogP contribution in [0.5, 0.6) is 5.75 Å². The van der Waals surface area contributed by atoms with Crippen LogP contribution in [0.2, 0.25) is 0 Å². The van der Waals surface area contributed by atoms with Gasteiger partial charge in [-0.25, -0.2) is 13.5 Å². The Bertz CT molecular complexity index is 765. The molecule has 28 heavy (non-hydrogen) atoms. The Balaban J connectivity index is 1.27. The van der Waals surface area contributed by atoms with E-state index in [-0.39, 0.29) is 6.04 Å². The van der Waals surface area contributed by atoms with E-state index in [9.17, 15) is 13.9 Å². The van der Waals surface area contributed by atoms with E-state index in [0.29, 0.717) is 24.5 Å². The lowest BCUT2D eigenvalue weighted by Crippen LogP contribution is -2.32. The van der Waals surface area contributed by atoms with Gasteiger partial charge in [0.05, 0.1) is 17.9 Å². The smallest absolute Gasteiger partial charge is 0.241 e. The van der Waals surface area contributed by atoms with Gasteiger partial charge in [0.15, 0.2) is 0 Å². The van der Waals surface area contributed by atoms with Crippen LogP contribution in [-0.4, -0.2) is 44.5 Å². The lowest BCUT2D eigenvalue weighted by Gasteiger charge is -2.31. The molecule has 0 amide bonds. The largest absolute Gasteiger partial charge is 0.508 e. The second-order valence-electron chi connectivity index (χ2n) is 8.24. The van der Waals surface area contributed by atoms with E-state index >= 15 is 0 Å². The normalized spacial score (nSPS) is 24.7. The molecule has 7 heteroatoms. The fourth-order valence-corrected chi connectivity index (χ4v) is 4.61. The van der Waals surface area contributed by atoms with Gasteiger partial charge in [-0.1, -0.05) is 17.3 Å². The molecule has 1 saturated heterocycles. The fraction of sp³-hybridized carbons (Fsp3) is 0.619. The summed E-state index contributed by atoms with van der Waals surface area (Å²) in [6.07, 6.45) is 4.58. The Morgan fingerprint density at radius 3 is 2.50 bits per heavy atom. The molecule has 0 bridgehead atoms. The van der Waals surface area contributed by atoms with Crippen molar-refractivity contribution in [3.05, 3.63) is 41.7 Å². The minimum absolute atomic E-state index is 0.202. The Kier molecular flexibility index (Phi) is 5.90. The van der Waals surface area contributed by atoms with Crippen LogP contribution in [0.25, 0.3) is 0 Å². The topological polar surface area (TPSA) is 54.2 Å². The standard InChI is InChI=1S/C21H28F2N4O/c22-21(23)16-4-6-19(7-5-16)27-14-18(24-25-27)13-26-10-8-15(9-11-26)17-2-1-3-20(28)12-17/h1-3,12,14-16,19,21,28H,4-11,13H2. The predicted octanol–water partition coefficient (Wildman–Crippen LogP) is 4.36. The van der Waals surface area contributed by atoms with Gasteiger partial charge in [0.2, 0.25) is 6.43 Å². The summed E-state index contributed by atoms with van der Waals surface area (Å²) >= 11 is 0. The van der Waals surface area contributed by atoms with Crippen LogP contribution in [-0.2, 0) is 6.54 Å². The first-order chi connectivity index (χ1) is 13.6. The van der Waals surface area contributed by atoms with Gasteiger partial charge in [0.1, 0.15) is 5.75 Å². The third-order valence-corrected chi connectivity index (χ3v) is 6.34. The molecule has 1 aliphatic heterocycles. The van der Waals surface area contributed by atoms with Crippen LogP contribution in [0.15, 0.2) is 30.5 Å². The van der Waals surface area contributed by atoms with E-state index in [1.807, 2.05) is 23.0 Å². The van der Waals surface area contributed by atoms with Crippen molar-refractivity contribution in [3.63, 3.8) is 0 Å². The van der Waals surface area contributed by atoms with Crippen LogP contribution in [0.1, 0.15) is 61.7 Å². The van der Waals surface area contributed by atoms with Gasteiger partial charge in [-0.05, 0) is 75.2 Å². The first-order valence-electron chi connectivity index (χ1n) is 10.3. The van der Waals surface area contributed by atoms with E-state index in [2.05, 4.69) is 21.3 Å². The number of aromatic hydroxyl groups is 1. The molecule has 1 N–H and O–H groups in total. The molecule has 0 radical (unpaired) electrons. The average molecular weight is 390 g/mol. The molecule has 152 valence electrons. The molecule has 5 nitrogen and oxygen atoms in total. The van der Waals surface area contributed by atoms with Gasteiger partial charge in [0.25, 0.3) is 0 Å². The average Bonchev–Trinajstić information content (AvgIpc) is 3.17. The van der Waals surface area contributed by atoms with E-state index < -0.39 is 12.3 Å². The molecule has 1 aromatic carbocycles. The third kappa shape index (κ3) is 4.51. The van der Waals surface area contributed by atoms with Crippen molar-refractivity contribution in [2.75, 3.05) is 13.1 Å². The van der Waals surface area contributed by atoms with Crippen molar-refractivity contribution in [1.82, 2.24) is 19.9 Å². The SMILES string of the molecule is Oc1cccc(C2CCN(Cc3cn(C4CCC(C(F)F)CC4)nn3)CC2)c1. The highest BCUT2D eigenvalue weighted by molar-refractivity contribution is 5.30. The van der Waals surface area contributed by atoms with Gasteiger partial charge >= 0.3 is 0 Å². The van der Waals surface area contributed by atoms with Crippen LogP contribution in [0.4, 0.5) is 8.78 Å². The van der Waals surface area contributed by atoms with Crippen molar-refractivity contribution >= 4 is 0 Å². The number of halogens is 2. The van der Waals surface area contributed by atoms with Gasteiger partial charge in [-0.2, -0.15) is 0 Å². The maximum atomic E-state index is 12.8. The minimum atomic E-state index is -2.20. The summed E-state index contributed by atoms with van der Waals surface area (Å²) in [5.41, 5.74) is 2.16. The van der Waals surface area contributed by atoms with Crippen LogP contribution < -0.4 is 0 Å². The van der Waals surface area contributed by atoms with Crippen molar-refractivity contribution in [2.24, 2.45) is 5.92 Å². The predicted molar refractivity (Wildman–Crippen MR) is 102 cm³/mol. The van der Waals surface area contributed by atoms with Gasteiger partial charge in [0, 0.05) is 12.5 Å². The van der Waals surface area contributed by atoms with Crippen LogP contribution in [0, 0.1) is 5.92 Å². The number of nitrogens with zero attached hydrogens (tertiary/aromatic N) is 4. The first kappa shape index (κ1) is 19.3. The summed E-state index contributed by atoms with van der Waals surface area (Å²) in [5, 5.41) is 18.3. The summed E-state index contributed by atoms with van der Waals surface area (Å²) in [5.74, 6) is 0.371. The van der Waals surface area contributed by atoms with Crippen LogP contribution >= 0.6 is 0 Å². The number of phenolic OH excluding ortho intramolecular Hbond substituents is 1. The fourth-order valence-electron chi connectivity index (χ4n) is 4.61. The Morgan fingerprint density at radius 2 is 1.82 bits per heavy atom. The zero-order valence-corrected chi connectivity index (χ0v) is 16.1. The molecule has 1 aromatic heterocycles. The number of hydrogen-bond acceptors (Lipinski definition) is 4. The van der Waals surface area contributed by atoms with E-state index in [0.717, 1.165) is 51.0 Å².